The van der Waals surface area contributed by atoms with Crippen LogP contribution in [0.5, 0.6) is 0 Å². The lowest BCUT2D eigenvalue weighted by atomic mass is 9.88. The minimum Gasteiger partial charge on any atom is -0.398 e. The number of aryl methyl sites for hydroxylation is 2. The van der Waals surface area contributed by atoms with Gasteiger partial charge in [0.2, 0.25) is 0 Å². The number of nitrogens with two attached hydrogens (primary N) is 1. The largest absolute Gasteiger partial charge is 0.398 e. The normalized spacial score (nSPS) is 18.3. The molecule has 1 aliphatic carbocycles. The molecule has 3 heteroatoms. The van der Waals surface area contributed by atoms with Gasteiger partial charge in [-0.3, -0.25) is 4.98 Å². The Balaban J connectivity index is 0.000000332. The molecule has 1 aromatic heterocycles. The topological polar surface area (TPSA) is 50.9 Å². The molecule has 3 rings (SSSR count). The van der Waals surface area contributed by atoms with Gasteiger partial charge in [0.25, 0.3) is 0 Å². The van der Waals surface area contributed by atoms with Crippen molar-refractivity contribution in [1.29, 1.82) is 0 Å². The second kappa shape index (κ2) is 16.1. The number of nitrogens with zero attached hydrogens (tertiary/aromatic N) is 1. The Morgan fingerprint density at radius 3 is 2.26 bits per heavy atom. The van der Waals surface area contributed by atoms with E-state index in [9.17, 15) is 0 Å². The summed E-state index contributed by atoms with van der Waals surface area (Å²) in [5.74, 6) is 1.38. The minimum atomic E-state index is 0.638. The van der Waals surface area contributed by atoms with Crippen LogP contribution >= 0.6 is 0 Å². The Morgan fingerprint density at radius 1 is 1.03 bits per heavy atom. The molecule has 0 bridgehead atoms. The van der Waals surface area contributed by atoms with Crippen molar-refractivity contribution in [2.45, 2.75) is 81.2 Å². The fraction of sp³-hybridized carbons (Fsp3) is 0.469. The van der Waals surface area contributed by atoms with Crippen molar-refractivity contribution in [2.24, 2.45) is 17.6 Å². The molecular weight excluding hydrogens is 426 g/mol. The summed E-state index contributed by atoms with van der Waals surface area (Å²) < 4.78 is 0. The predicted octanol–water partition coefficient (Wildman–Crippen LogP) is 8.10. The predicted molar refractivity (Wildman–Crippen MR) is 156 cm³/mol. The summed E-state index contributed by atoms with van der Waals surface area (Å²) in [5.41, 5.74) is 13.7. The maximum atomic E-state index is 6.21. The third kappa shape index (κ3) is 10.7. The minimum absolute atomic E-state index is 0.638. The fourth-order valence-corrected chi connectivity index (χ4v) is 3.78. The van der Waals surface area contributed by atoms with E-state index in [1.807, 2.05) is 58.0 Å². The molecule has 0 amide bonds. The van der Waals surface area contributed by atoms with Crippen LogP contribution in [-0.2, 0) is 0 Å². The average molecular weight is 476 g/mol. The molecule has 0 spiro atoms. The molecule has 3 nitrogen and oxygen atoms in total. The summed E-state index contributed by atoms with van der Waals surface area (Å²) in [6.45, 7) is 20.2. The number of pyridine rings is 1. The van der Waals surface area contributed by atoms with E-state index in [4.69, 9.17) is 5.73 Å². The average Bonchev–Trinajstić information content (AvgIpc) is 2.86. The van der Waals surface area contributed by atoms with Gasteiger partial charge in [-0.05, 0) is 74.8 Å². The van der Waals surface area contributed by atoms with E-state index in [2.05, 4.69) is 75.3 Å². The SMILES string of the molecule is C/C(=C(\N)c1ccc(C)cc1)c1cccc(C)n1.CC.CCCC(C)NCC1=CC(C)C(C)C=C1. The molecule has 1 aromatic carbocycles. The van der Waals surface area contributed by atoms with Crippen LogP contribution in [-0.4, -0.2) is 17.6 Å². The van der Waals surface area contributed by atoms with Crippen LogP contribution in [0.4, 0.5) is 0 Å². The van der Waals surface area contributed by atoms with Gasteiger partial charge in [-0.2, -0.15) is 0 Å². The van der Waals surface area contributed by atoms with Gasteiger partial charge in [0.15, 0.2) is 0 Å². The molecule has 1 aliphatic rings. The molecule has 3 unspecified atom stereocenters. The van der Waals surface area contributed by atoms with Crippen LogP contribution in [0.3, 0.4) is 0 Å². The van der Waals surface area contributed by atoms with E-state index >= 15 is 0 Å². The highest BCUT2D eigenvalue weighted by molar-refractivity contribution is 5.87. The zero-order chi connectivity index (χ0) is 26.4. The highest BCUT2D eigenvalue weighted by Crippen LogP contribution is 2.22. The molecule has 1 heterocycles. The molecule has 0 fully saturated rings. The molecule has 2 aromatic rings. The van der Waals surface area contributed by atoms with Crippen molar-refractivity contribution < 1.29 is 0 Å². The van der Waals surface area contributed by atoms with Gasteiger partial charge in [0.1, 0.15) is 0 Å². The quantitative estimate of drug-likeness (QED) is 0.425. The van der Waals surface area contributed by atoms with E-state index in [0.29, 0.717) is 17.9 Å². The van der Waals surface area contributed by atoms with Crippen LogP contribution in [0.15, 0.2) is 66.3 Å². The number of rotatable bonds is 7. The van der Waals surface area contributed by atoms with E-state index in [0.717, 1.165) is 34.8 Å². The van der Waals surface area contributed by atoms with Gasteiger partial charge in [-0.25, -0.2) is 0 Å². The first kappa shape index (κ1) is 30.4. The van der Waals surface area contributed by atoms with Gasteiger partial charge in [0.05, 0.1) is 5.69 Å². The molecule has 0 saturated heterocycles. The van der Waals surface area contributed by atoms with Crippen LogP contribution in [0, 0.1) is 25.7 Å². The standard InChI is InChI=1S/C16H18N2.C14H25N.C2H6/c1-11-7-9-14(10-8-11)16(17)13(3)15-6-4-5-12(2)18-15;1-5-6-13(4)15-10-14-8-7-11(2)12(3)9-14;1-2/h4-10H,17H2,1-3H3;7-9,11-13,15H,5-6,10H2,1-4H3;1-2H3/b16-13+;;. The second-order valence-corrected chi connectivity index (χ2v) is 9.46. The Labute approximate surface area is 215 Å². The monoisotopic (exact) mass is 475 g/mol. The van der Waals surface area contributed by atoms with Gasteiger partial charge in [-0.1, -0.05) is 95.2 Å². The summed E-state index contributed by atoms with van der Waals surface area (Å²) in [5, 5.41) is 3.57. The Morgan fingerprint density at radius 2 is 1.69 bits per heavy atom. The summed E-state index contributed by atoms with van der Waals surface area (Å²) in [4.78, 5) is 4.50. The number of benzene rings is 1. The molecule has 3 N–H and O–H groups in total. The van der Waals surface area contributed by atoms with E-state index < -0.39 is 0 Å². The van der Waals surface area contributed by atoms with Gasteiger partial charge >= 0.3 is 0 Å². The third-order valence-electron chi connectivity index (χ3n) is 6.34. The molecule has 192 valence electrons. The van der Waals surface area contributed by atoms with E-state index in [-0.39, 0.29) is 0 Å². The molecule has 35 heavy (non-hydrogen) atoms. The Bertz CT molecular complexity index is 967. The third-order valence-corrected chi connectivity index (χ3v) is 6.34. The first-order valence-electron chi connectivity index (χ1n) is 13.3. The zero-order valence-electron chi connectivity index (χ0n) is 23.7. The molecule has 0 aliphatic heterocycles. The van der Waals surface area contributed by atoms with Crippen molar-refractivity contribution in [3.05, 3.63) is 88.8 Å². The lowest BCUT2D eigenvalue weighted by Crippen LogP contribution is -2.28. The maximum Gasteiger partial charge on any atom is 0.0682 e. The van der Waals surface area contributed by atoms with E-state index in [1.54, 1.807) is 0 Å². The zero-order valence-corrected chi connectivity index (χ0v) is 23.7. The van der Waals surface area contributed by atoms with Crippen molar-refractivity contribution in [2.75, 3.05) is 6.54 Å². The van der Waals surface area contributed by atoms with Crippen LogP contribution < -0.4 is 11.1 Å². The van der Waals surface area contributed by atoms with Gasteiger partial charge < -0.3 is 11.1 Å². The maximum absolute atomic E-state index is 6.21. The van der Waals surface area contributed by atoms with Crippen LogP contribution in [0.1, 0.15) is 83.8 Å². The Hall–Kier alpha value is -2.65. The smallest absolute Gasteiger partial charge is 0.0682 e. The van der Waals surface area contributed by atoms with Crippen molar-refractivity contribution in [1.82, 2.24) is 10.3 Å². The summed E-state index contributed by atoms with van der Waals surface area (Å²) in [7, 11) is 0. The van der Waals surface area contributed by atoms with E-state index in [1.165, 1.54) is 24.0 Å². The molecule has 3 atom stereocenters. The highest BCUT2D eigenvalue weighted by Gasteiger charge is 2.12. The first-order chi connectivity index (χ1) is 16.7. The van der Waals surface area contributed by atoms with Crippen molar-refractivity contribution in [3.63, 3.8) is 0 Å². The highest BCUT2D eigenvalue weighted by atomic mass is 14.9. The van der Waals surface area contributed by atoms with Gasteiger partial charge in [0, 0.05) is 24.0 Å². The Kier molecular flexibility index (Phi) is 14.0. The summed E-state index contributed by atoms with van der Waals surface area (Å²) in [6.07, 6.45) is 9.53. The van der Waals surface area contributed by atoms with Crippen LogP contribution in [0.2, 0.25) is 0 Å². The fourth-order valence-electron chi connectivity index (χ4n) is 3.78. The van der Waals surface area contributed by atoms with Crippen LogP contribution in [0.25, 0.3) is 11.3 Å². The number of hydrogen-bond donors (Lipinski definition) is 2. The van der Waals surface area contributed by atoms with Crippen molar-refractivity contribution >= 4 is 11.3 Å². The number of nitrogens with one attached hydrogen (secondary N) is 1. The van der Waals surface area contributed by atoms with Crippen molar-refractivity contribution in [3.8, 4) is 0 Å². The molecule has 0 radical (unpaired) electrons. The van der Waals surface area contributed by atoms with Gasteiger partial charge in [-0.15, -0.1) is 0 Å². The lowest BCUT2D eigenvalue weighted by Gasteiger charge is -2.20. The number of hydrogen-bond acceptors (Lipinski definition) is 3. The number of aromatic nitrogens is 1. The first-order valence-corrected chi connectivity index (χ1v) is 13.3. The number of allylic oxidation sites excluding steroid dienone is 3. The lowest BCUT2D eigenvalue weighted by molar-refractivity contribution is 0.518. The molecule has 0 saturated carbocycles. The summed E-state index contributed by atoms with van der Waals surface area (Å²) >= 11 is 0. The second-order valence-electron chi connectivity index (χ2n) is 9.46. The summed E-state index contributed by atoms with van der Waals surface area (Å²) in [6, 6.07) is 14.8. The molecular formula is C32H49N3.